The van der Waals surface area contributed by atoms with Crippen LogP contribution in [0.4, 0.5) is 0 Å². The molecule has 0 aromatic heterocycles. The topological polar surface area (TPSA) is 53.6 Å². The predicted octanol–water partition coefficient (Wildman–Crippen LogP) is 0.0689. The van der Waals surface area contributed by atoms with Crippen molar-refractivity contribution in [3.05, 3.63) is 0 Å². The van der Waals surface area contributed by atoms with Crippen molar-refractivity contribution in [1.29, 1.82) is 0 Å². The molecule has 2 fully saturated rings. The van der Waals surface area contributed by atoms with Crippen molar-refractivity contribution in [1.82, 2.24) is 15.5 Å². The number of fused-ring (bicyclic) bond motifs is 1. The molecule has 2 aliphatic rings. The molecule has 5 nitrogen and oxygen atoms in total. The van der Waals surface area contributed by atoms with Crippen LogP contribution in [0.3, 0.4) is 0 Å². The van der Waals surface area contributed by atoms with Crippen LogP contribution in [0.1, 0.15) is 19.3 Å². The van der Waals surface area contributed by atoms with E-state index in [1.165, 1.54) is 19.3 Å². The number of ether oxygens (including phenoxy) is 1. The van der Waals surface area contributed by atoms with Crippen molar-refractivity contribution in [3.8, 4) is 0 Å². The van der Waals surface area contributed by atoms with Gasteiger partial charge in [0, 0.05) is 13.1 Å². The molecule has 0 bridgehead atoms. The summed E-state index contributed by atoms with van der Waals surface area (Å²) in [5.74, 6) is 1.45. The Kier molecular flexibility index (Phi) is 5.60. The second-order valence-electron chi connectivity index (χ2n) is 5.95. The van der Waals surface area contributed by atoms with Gasteiger partial charge in [0.1, 0.15) is 0 Å². The van der Waals surface area contributed by atoms with Crippen molar-refractivity contribution in [2.75, 3.05) is 46.9 Å². The molecular weight excluding hydrogens is 242 g/mol. The number of nitrogens with zero attached hydrogens (tertiary/aromatic N) is 1. The Balaban J connectivity index is 1.57. The van der Waals surface area contributed by atoms with E-state index in [0.717, 1.165) is 25.6 Å². The number of hydrogen-bond acceptors (Lipinski definition) is 4. The molecule has 1 saturated carbocycles. The van der Waals surface area contributed by atoms with Crippen LogP contribution in [0.25, 0.3) is 0 Å². The average molecular weight is 269 g/mol. The molecule has 2 N–H and O–H groups in total. The van der Waals surface area contributed by atoms with Gasteiger partial charge in [0.2, 0.25) is 5.91 Å². The zero-order valence-electron chi connectivity index (χ0n) is 12.2. The van der Waals surface area contributed by atoms with Crippen LogP contribution in [0.5, 0.6) is 0 Å². The largest absolute Gasteiger partial charge is 0.378 e. The highest BCUT2D eigenvalue weighted by atomic mass is 16.5. The maximum absolute atomic E-state index is 12.1. The lowest BCUT2D eigenvalue weighted by Crippen LogP contribution is -2.44. The SMILES string of the molecule is CN(C)CCOCCNC(=O)C1NCC2CCCC21. The number of rotatable bonds is 7. The van der Waals surface area contributed by atoms with Crippen molar-refractivity contribution in [2.45, 2.75) is 25.3 Å². The van der Waals surface area contributed by atoms with Crippen LogP contribution in [0.15, 0.2) is 0 Å². The van der Waals surface area contributed by atoms with Crippen LogP contribution < -0.4 is 10.6 Å². The minimum absolute atomic E-state index is 0.0364. The Bertz CT molecular complexity index is 296. The van der Waals surface area contributed by atoms with E-state index in [1.54, 1.807) is 0 Å². The number of nitrogens with one attached hydrogen (secondary N) is 2. The van der Waals surface area contributed by atoms with Gasteiger partial charge < -0.3 is 20.3 Å². The standard InChI is InChI=1S/C14H27N3O2/c1-17(2)7-9-19-8-6-15-14(18)13-12-5-3-4-11(12)10-16-13/h11-13,16H,3-10H2,1-2H3,(H,15,18). The van der Waals surface area contributed by atoms with E-state index in [4.69, 9.17) is 4.74 Å². The smallest absolute Gasteiger partial charge is 0.237 e. The van der Waals surface area contributed by atoms with Gasteiger partial charge >= 0.3 is 0 Å². The first-order chi connectivity index (χ1) is 9.18. The summed E-state index contributed by atoms with van der Waals surface area (Å²) >= 11 is 0. The normalized spacial score (nSPS) is 29.7. The Morgan fingerprint density at radius 1 is 1.37 bits per heavy atom. The fraction of sp³-hybridized carbons (Fsp3) is 0.929. The molecule has 0 aromatic rings. The van der Waals surface area contributed by atoms with Gasteiger partial charge in [-0.2, -0.15) is 0 Å². The van der Waals surface area contributed by atoms with Crippen LogP contribution >= 0.6 is 0 Å². The molecule has 2 rings (SSSR count). The first kappa shape index (κ1) is 14.8. The zero-order valence-corrected chi connectivity index (χ0v) is 12.2. The first-order valence-electron chi connectivity index (χ1n) is 7.42. The molecule has 0 spiro atoms. The lowest BCUT2D eigenvalue weighted by Gasteiger charge is -2.17. The molecular formula is C14H27N3O2. The number of hydrogen-bond donors (Lipinski definition) is 2. The molecule has 1 heterocycles. The van der Waals surface area contributed by atoms with E-state index in [2.05, 4.69) is 15.5 Å². The molecule has 1 aliphatic heterocycles. The van der Waals surface area contributed by atoms with Gasteiger partial charge in [-0.05, 0) is 45.3 Å². The summed E-state index contributed by atoms with van der Waals surface area (Å²) in [5, 5.41) is 6.35. The summed E-state index contributed by atoms with van der Waals surface area (Å²) in [6.45, 7) is 3.86. The second kappa shape index (κ2) is 7.22. The minimum Gasteiger partial charge on any atom is -0.378 e. The highest BCUT2D eigenvalue weighted by Gasteiger charge is 2.42. The van der Waals surface area contributed by atoms with E-state index >= 15 is 0 Å². The highest BCUT2D eigenvalue weighted by molar-refractivity contribution is 5.82. The number of carbonyl (C=O) groups excluding carboxylic acids is 1. The Hall–Kier alpha value is -0.650. The van der Waals surface area contributed by atoms with Gasteiger partial charge in [-0.1, -0.05) is 6.42 Å². The molecule has 3 unspecified atom stereocenters. The second-order valence-corrected chi connectivity index (χ2v) is 5.95. The molecule has 1 saturated heterocycles. The molecule has 5 heteroatoms. The summed E-state index contributed by atoms with van der Waals surface area (Å²) in [6.07, 6.45) is 3.78. The molecule has 0 aromatic carbocycles. The quantitative estimate of drug-likeness (QED) is 0.642. The van der Waals surface area contributed by atoms with Gasteiger partial charge in [0.25, 0.3) is 0 Å². The van der Waals surface area contributed by atoms with Crippen LogP contribution in [-0.4, -0.2) is 63.8 Å². The van der Waals surface area contributed by atoms with Gasteiger partial charge in [-0.3, -0.25) is 4.79 Å². The van der Waals surface area contributed by atoms with Crippen molar-refractivity contribution >= 4 is 5.91 Å². The fourth-order valence-electron chi connectivity index (χ4n) is 3.18. The van der Waals surface area contributed by atoms with Gasteiger partial charge in [0.15, 0.2) is 0 Å². The summed E-state index contributed by atoms with van der Waals surface area (Å²) in [4.78, 5) is 14.2. The summed E-state index contributed by atoms with van der Waals surface area (Å²) in [5.41, 5.74) is 0. The van der Waals surface area contributed by atoms with Gasteiger partial charge in [0.05, 0.1) is 19.3 Å². The predicted molar refractivity (Wildman–Crippen MR) is 75.0 cm³/mol. The monoisotopic (exact) mass is 269 g/mol. The Labute approximate surface area is 116 Å². The van der Waals surface area contributed by atoms with E-state index in [9.17, 15) is 4.79 Å². The lowest BCUT2D eigenvalue weighted by atomic mass is 9.94. The van der Waals surface area contributed by atoms with Crippen molar-refractivity contribution in [2.24, 2.45) is 11.8 Å². The summed E-state index contributed by atoms with van der Waals surface area (Å²) < 4.78 is 5.47. The summed E-state index contributed by atoms with van der Waals surface area (Å²) in [6, 6.07) is 0.0364. The fourth-order valence-corrected chi connectivity index (χ4v) is 3.18. The van der Waals surface area contributed by atoms with Gasteiger partial charge in [-0.15, -0.1) is 0 Å². The molecule has 19 heavy (non-hydrogen) atoms. The third kappa shape index (κ3) is 4.16. The Morgan fingerprint density at radius 2 is 2.21 bits per heavy atom. The zero-order chi connectivity index (χ0) is 13.7. The van der Waals surface area contributed by atoms with Crippen LogP contribution in [0.2, 0.25) is 0 Å². The third-order valence-corrected chi connectivity index (χ3v) is 4.26. The Morgan fingerprint density at radius 3 is 3.00 bits per heavy atom. The van der Waals surface area contributed by atoms with Crippen molar-refractivity contribution in [3.63, 3.8) is 0 Å². The molecule has 0 radical (unpaired) electrons. The van der Waals surface area contributed by atoms with Gasteiger partial charge in [-0.25, -0.2) is 0 Å². The maximum atomic E-state index is 12.1. The maximum Gasteiger partial charge on any atom is 0.237 e. The molecule has 1 aliphatic carbocycles. The number of amides is 1. The molecule has 1 amide bonds. The highest BCUT2D eigenvalue weighted by Crippen LogP contribution is 2.37. The number of carbonyl (C=O) groups is 1. The minimum atomic E-state index is 0.0364. The van der Waals surface area contributed by atoms with E-state index in [-0.39, 0.29) is 11.9 Å². The number of likely N-dealkylation sites (N-methyl/N-ethyl adjacent to an activating group) is 1. The van der Waals surface area contributed by atoms with E-state index < -0.39 is 0 Å². The lowest BCUT2D eigenvalue weighted by molar-refractivity contribution is -0.124. The van der Waals surface area contributed by atoms with Crippen LogP contribution in [0, 0.1) is 11.8 Å². The molecule has 110 valence electrons. The first-order valence-corrected chi connectivity index (χ1v) is 7.42. The average Bonchev–Trinajstić information content (AvgIpc) is 2.94. The van der Waals surface area contributed by atoms with E-state index in [0.29, 0.717) is 19.1 Å². The van der Waals surface area contributed by atoms with E-state index in [1.807, 2.05) is 14.1 Å². The van der Waals surface area contributed by atoms with Crippen molar-refractivity contribution < 1.29 is 9.53 Å². The van der Waals surface area contributed by atoms with Crippen LogP contribution in [-0.2, 0) is 9.53 Å². The molecule has 3 atom stereocenters. The summed E-state index contributed by atoms with van der Waals surface area (Å²) in [7, 11) is 4.05. The third-order valence-electron chi connectivity index (χ3n) is 4.26.